The summed E-state index contributed by atoms with van der Waals surface area (Å²) in [7, 11) is 0. The number of aryl methyl sites for hydroxylation is 2. The lowest BCUT2D eigenvalue weighted by Gasteiger charge is -2.20. The van der Waals surface area contributed by atoms with E-state index in [1.807, 2.05) is 30.3 Å². The molecule has 0 aromatic heterocycles. The normalized spacial score (nSPS) is 20.0. The van der Waals surface area contributed by atoms with Crippen LogP contribution in [0.1, 0.15) is 22.3 Å². The quantitative estimate of drug-likeness (QED) is 0.783. The van der Waals surface area contributed by atoms with Crippen LogP contribution in [0.4, 0.5) is 0 Å². The van der Waals surface area contributed by atoms with Gasteiger partial charge in [-0.25, -0.2) is 0 Å². The summed E-state index contributed by atoms with van der Waals surface area (Å²) < 4.78 is 11.6. The van der Waals surface area contributed by atoms with Crippen LogP contribution in [0.5, 0.6) is 11.5 Å². The Hall–Kier alpha value is -2.08. The number of aliphatic hydroxyl groups excluding tert-OH is 2. The van der Waals surface area contributed by atoms with Crippen LogP contribution in [0.3, 0.4) is 0 Å². The lowest BCUT2D eigenvalue weighted by atomic mass is 10.1. The zero-order valence-corrected chi connectivity index (χ0v) is 16.3. The van der Waals surface area contributed by atoms with Gasteiger partial charge in [-0.05, 0) is 61.2 Å². The zero-order chi connectivity index (χ0) is 19.4. The number of hydrogen-bond acceptors (Lipinski definition) is 5. The highest BCUT2D eigenvalue weighted by molar-refractivity contribution is 5.42. The third kappa shape index (κ3) is 5.01. The molecule has 1 saturated heterocycles. The summed E-state index contributed by atoms with van der Waals surface area (Å²) in [5, 5.41) is 19.3. The van der Waals surface area contributed by atoms with Crippen molar-refractivity contribution >= 4 is 0 Å². The van der Waals surface area contributed by atoms with Crippen LogP contribution < -0.4 is 9.47 Å². The second-order valence-corrected chi connectivity index (χ2v) is 7.34. The van der Waals surface area contributed by atoms with E-state index in [4.69, 9.17) is 14.6 Å². The summed E-state index contributed by atoms with van der Waals surface area (Å²) in [6.45, 7) is 8.55. The molecule has 0 unspecified atom stereocenters. The third-order valence-electron chi connectivity index (χ3n) is 5.04. The second kappa shape index (κ2) is 8.74. The molecule has 2 N–H and O–H groups in total. The minimum absolute atomic E-state index is 0.00867. The van der Waals surface area contributed by atoms with Gasteiger partial charge in [0.2, 0.25) is 0 Å². The molecule has 0 saturated carbocycles. The van der Waals surface area contributed by atoms with Gasteiger partial charge in [-0.15, -0.1) is 0 Å². The first kappa shape index (κ1) is 19.7. The summed E-state index contributed by atoms with van der Waals surface area (Å²) >= 11 is 0. The van der Waals surface area contributed by atoms with Crippen LogP contribution in [-0.4, -0.2) is 53.6 Å². The Balaban J connectivity index is 1.60. The van der Waals surface area contributed by atoms with Gasteiger partial charge in [0.25, 0.3) is 0 Å². The lowest BCUT2D eigenvalue weighted by Crippen LogP contribution is -2.30. The first-order valence-electron chi connectivity index (χ1n) is 9.44. The maximum absolute atomic E-state index is 10.5. The Morgan fingerprint density at radius 3 is 2.52 bits per heavy atom. The van der Waals surface area contributed by atoms with Crippen molar-refractivity contribution in [1.29, 1.82) is 0 Å². The largest absolute Gasteiger partial charge is 0.491 e. The van der Waals surface area contributed by atoms with Crippen LogP contribution in [0.2, 0.25) is 0 Å². The Labute approximate surface area is 161 Å². The van der Waals surface area contributed by atoms with Crippen molar-refractivity contribution in [1.82, 2.24) is 4.90 Å². The molecule has 5 nitrogen and oxygen atoms in total. The first-order chi connectivity index (χ1) is 13.0. The van der Waals surface area contributed by atoms with E-state index in [0.717, 1.165) is 29.2 Å². The van der Waals surface area contributed by atoms with Crippen LogP contribution in [-0.2, 0) is 6.54 Å². The van der Waals surface area contributed by atoms with E-state index in [0.29, 0.717) is 19.7 Å². The van der Waals surface area contributed by atoms with Gasteiger partial charge in [0.1, 0.15) is 30.3 Å². The van der Waals surface area contributed by atoms with E-state index in [1.165, 1.54) is 11.1 Å². The van der Waals surface area contributed by atoms with E-state index in [2.05, 4.69) is 31.7 Å². The molecule has 0 bridgehead atoms. The minimum Gasteiger partial charge on any atom is -0.491 e. The molecule has 5 heteroatoms. The number of hydrogen-bond donors (Lipinski definition) is 2. The molecule has 0 radical (unpaired) electrons. The summed E-state index contributed by atoms with van der Waals surface area (Å²) in [5.74, 6) is 1.62. The van der Waals surface area contributed by atoms with Crippen molar-refractivity contribution in [3.8, 4) is 11.5 Å². The van der Waals surface area contributed by atoms with Gasteiger partial charge in [0.05, 0.1) is 6.61 Å². The first-order valence-corrected chi connectivity index (χ1v) is 9.44. The maximum Gasteiger partial charge on any atom is 0.138 e. The zero-order valence-electron chi connectivity index (χ0n) is 16.3. The highest BCUT2D eigenvalue weighted by Crippen LogP contribution is 2.27. The molecule has 2 atom stereocenters. The second-order valence-electron chi connectivity index (χ2n) is 7.34. The van der Waals surface area contributed by atoms with Crippen molar-refractivity contribution in [2.24, 2.45) is 0 Å². The number of nitrogens with zero attached hydrogens (tertiary/aromatic N) is 1. The number of likely N-dealkylation sites (tertiary alicyclic amines) is 1. The topological polar surface area (TPSA) is 62.2 Å². The molecule has 0 aliphatic carbocycles. The molecule has 3 rings (SSSR count). The van der Waals surface area contributed by atoms with Crippen molar-refractivity contribution in [3.63, 3.8) is 0 Å². The molecule has 0 spiro atoms. The fraction of sp³-hybridized carbons (Fsp3) is 0.455. The molecular weight excluding hydrogens is 342 g/mol. The van der Waals surface area contributed by atoms with Gasteiger partial charge in [0, 0.05) is 19.6 Å². The Morgan fingerprint density at radius 2 is 1.81 bits per heavy atom. The summed E-state index contributed by atoms with van der Waals surface area (Å²) in [4.78, 5) is 2.21. The molecule has 146 valence electrons. The van der Waals surface area contributed by atoms with Gasteiger partial charge >= 0.3 is 0 Å². The predicted octanol–water partition coefficient (Wildman–Crippen LogP) is 2.61. The molecule has 0 amide bonds. The van der Waals surface area contributed by atoms with E-state index in [9.17, 15) is 5.11 Å². The predicted molar refractivity (Wildman–Crippen MR) is 105 cm³/mol. The van der Waals surface area contributed by atoms with Gasteiger partial charge < -0.3 is 19.7 Å². The summed E-state index contributed by atoms with van der Waals surface area (Å²) in [6.07, 6.45) is -0.727. The molecule has 2 aromatic rings. The Kier molecular flexibility index (Phi) is 6.37. The molecule has 1 aliphatic heterocycles. The van der Waals surface area contributed by atoms with Crippen LogP contribution in [0.25, 0.3) is 0 Å². The average molecular weight is 371 g/mol. The molecule has 1 fully saturated rings. The average Bonchev–Trinajstić information content (AvgIpc) is 2.97. The van der Waals surface area contributed by atoms with E-state index in [1.54, 1.807) is 0 Å². The highest BCUT2D eigenvalue weighted by atomic mass is 16.5. The van der Waals surface area contributed by atoms with Crippen LogP contribution in [0.15, 0.2) is 36.4 Å². The molecule has 1 heterocycles. The fourth-order valence-corrected chi connectivity index (χ4v) is 3.48. The fourth-order valence-electron chi connectivity index (χ4n) is 3.48. The monoisotopic (exact) mass is 371 g/mol. The number of ether oxygens (including phenoxy) is 2. The van der Waals surface area contributed by atoms with Crippen LogP contribution >= 0.6 is 0 Å². The smallest absolute Gasteiger partial charge is 0.138 e. The maximum atomic E-state index is 10.5. The number of β-amino-alcohol motifs (C(OH)–C–C–N with tert-alkyl or cyclic N) is 1. The van der Waals surface area contributed by atoms with Crippen LogP contribution in [0, 0.1) is 20.8 Å². The van der Waals surface area contributed by atoms with Crippen molar-refractivity contribution in [3.05, 3.63) is 58.7 Å². The molecular formula is C22H29NO4. The van der Waals surface area contributed by atoms with Crippen molar-refractivity contribution in [2.45, 2.75) is 39.5 Å². The van der Waals surface area contributed by atoms with Crippen molar-refractivity contribution < 1.29 is 19.7 Å². The highest BCUT2D eigenvalue weighted by Gasteiger charge is 2.33. The Bertz CT molecular complexity index is 760. The summed E-state index contributed by atoms with van der Waals surface area (Å²) in [5.41, 5.74) is 4.66. The Morgan fingerprint density at radius 1 is 1.07 bits per heavy atom. The molecule has 1 aliphatic rings. The number of benzene rings is 2. The van der Waals surface area contributed by atoms with Gasteiger partial charge in [-0.3, -0.25) is 4.90 Å². The standard InChI is InChI=1S/C22H29NO4/c1-15-10-16(2)17(3)21(11-15)27-22-14-23(13-20(22)25)12-18-4-6-19(7-5-18)26-9-8-24/h4-7,10-11,20,22,24-25H,8-9,12-14H2,1-3H3/t20-,22-/m0/s1. The molecule has 2 aromatic carbocycles. The lowest BCUT2D eigenvalue weighted by molar-refractivity contribution is 0.0731. The third-order valence-corrected chi connectivity index (χ3v) is 5.04. The SMILES string of the molecule is Cc1cc(C)c(C)c(O[C@H]2CN(Cc3ccc(OCCO)cc3)C[C@@H]2O)c1. The van der Waals surface area contributed by atoms with Gasteiger partial charge in [-0.2, -0.15) is 0 Å². The minimum atomic E-state index is -0.502. The van der Waals surface area contributed by atoms with E-state index < -0.39 is 6.10 Å². The van der Waals surface area contributed by atoms with Gasteiger partial charge in [0.15, 0.2) is 0 Å². The van der Waals surface area contributed by atoms with E-state index >= 15 is 0 Å². The van der Waals surface area contributed by atoms with E-state index in [-0.39, 0.29) is 12.7 Å². The van der Waals surface area contributed by atoms with Gasteiger partial charge in [-0.1, -0.05) is 18.2 Å². The van der Waals surface area contributed by atoms with Crippen molar-refractivity contribution in [2.75, 3.05) is 26.3 Å². The summed E-state index contributed by atoms with van der Waals surface area (Å²) in [6, 6.07) is 12.0. The number of aliphatic hydroxyl groups is 2. The number of rotatable bonds is 7. The molecule has 27 heavy (non-hydrogen) atoms.